The van der Waals surface area contributed by atoms with Crippen molar-refractivity contribution in [2.24, 2.45) is 0 Å². The highest BCUT2D eigenvalue weighted by molar-refractivity contribution is 5.55. The van der Waals surface area contributed by atoms with Crippen LogP contribution in [-0.2, 0) is 0 Å². The SMILES string of the molecule is CC(C)(CO)NC(CO)c1ccc(N)c(C#N)c1. The number of anilines is 1. The van der Waals surface area contributed by atoms with Crippen LogP contribution in [0.3, 0.4) is 0 Å². The van der Waals surface area contributed by atoms with Crippen molar-refractivity contribution in [3.8, 4) is 6.07 Å². The van der Waals surface area contributed by atoms with Gasteiger partial charge in [0.15, 0.2) is 0 Å². The zero-order valence-corrected chi connectivity index (χ0v) is 10.6. The number of rotatable bonds is 5. The molecule has 0 saturated heterocycles. The number of hydrogen-bond acceptors (Lipinski definition) is 5. The first-order valence-corrected chi connectivity index (χ1v) is 5.72. The average molecular weight is 249 g/mol. The smallest absolute Gasteiger partial charge is 0.101 e. The second-order valence-corrected chi connectivity index (χ2v) is 4.88. The van der Waals surface area contributed by atoms with Crippen molar-refractivity contribution >= 4 is 5.69 Å². The van der Waals surface area contributed by atoms with Gasteiger partial charge >= 0.3 is 0 Å². The number of aliphatic hydroxyl groups is 2. The molecule has 1 unspecified atom stereocenters. The molecular weight excluding hydrogens is 230 g/mol. The predicted octanol–water partition coefficient (Wildman–Crippen LogP) is 0.534. The number of benzene rings is 1. The largest absolute Gasteiger partial charge is 0.398 e. The Morgan fingerprint density at radius 2 is 2.11 bits per heavy atom. The van der Waals surface area contributed by atoms with Gasteiger partial charge in [-0.2, -0.15) is 5.26 Å². The highest BCUT2D eigenvalue weighted by atomic mass is 16.3. The Kier molecular flexibility index (Phi) is 4.68. The molecule has 0 fully saturated rings. The van der Waals surface area contributed by atoms with E-state index in [0.717, 1.165) is 5.56 Å². The van der Waals surface area contributed by atoms with Crippen molar-refractivity contribution in [2.75, 3.05) is 18.9 Å². The molecular formula is C13H19N3O2. The van der Waals surface area contributed by atoms with E-state index in [-0.39, 0.29) is 19.3 Å². The maximum atomic E-state index is 9.41. The molecule has 0 aliphatic heterocycles. The maximum absolute atomic E-state index is 9.41. The van der Waals surface area contributed by atoms with Crippen LogP contribution >= 0.6 is 0 Å². The summed E-state index contributed by atoms with van der Waals surface area (Å²) < 4.78 is 0. The summed E-state index contributed by atoms with van der Waals surface area (Å²) in [7, 11) is 0. The molecule has 0 bridgehead atoms. The van der Waals surface area contributed by atoms with E-state index in [4.69, 9.17) is 11.0 Å². The van der Waals surface area contributed by atoms with Gasteiger partial charge in [0, 0.05) is 11.2 Å². The van der Waals surface area contributed by atoms with Crippen LogP contribution in [0.4, 0.5) is 5.69 Å². The minimum absolute atomic E-state index is 0.0520. The van der Waals surface area contributed by atoms with Gasteiger partial charge in [0.1, 0.15) is 6.07 Å². The molecule has 98 valence electrons. The number of aliphatic hydroxyl groups excluding tert-OH is 2. The quantitative estimate of drug-likeness (QED) is 0.570. The van der Waals surface area contributed by atoms with Crippen LogP contribution in [0.5, 0.6) is 0 Å². The van der Waals surface area contributed by atoms with Crippen LogP contribution in [0.1, 0.15) is 31.0 Å². The van der Waals surface area contributed by atoms with E-state index in [1.54, 1.807) is 18.2 Å². The molecule has 5 nitrogen and oxygen atoms in total. The third kappa shape index (κ3) is 3.44. The molecule has 0 saturated carbocycles. The van der Waals surface area contributed by atoms with Gasteiger partial charge in [-0.1, -0.05) is 6.07 Å². The molecule has 0 amide bonds. The van der Waals surface area contributed by atoms with Crippen molar-refractivity contribution < 1.29 is 10.2 Å². The van der Waals surface area contributed by atoms with Gasteiger partial charge in [0.05, 0.1) is 24.8 Å². The minimum Gasteiger partial charge on any atom is -0.398 e. The van der Waals surface area contributed by atoms with E-state index in [9.17, 15) is 10.2 Å². The molecule has 0 aromatic heterocycles. The molecule has 0 radical (unpaired) electrons. The van der Waals surface area contributed by atoms with E-state index >= 15 is 0 Å². The Morgan fingerprint density at radius 1 is 1.44 bits per heavy atom. The average Bonchev–Trinajstić information content (AvgIpc) is 2.37. The number of nitriles is 1. The van der Waals surface area contributed by atoms with Crippen LogP contribution < -0.4 is 11.1 Å². The van der Waals surface area contributed by atoms with E-state index in [0.29, 0.717) is 11.3 Å². The Labute approximate surface area is 107 Å². The number of hydrogen-bond donors (Lipinski definition) is 4. The van der Waals surface area contributed by atoms with Gasteiger partial charge in [-0.25, -0.2) is 0 Å². The first-order valence-electron chi connectivity index (χ1n) is 5.72. The molecule has 0 aliphatic carbocycles. The molecule has 1 rings (SSSR count). The van der Waals surface area contributed by atoms with E-state index in [2.05, 4.69) is 5.32 Å². The number of nitrogen functional groups attached to an aromatic ring is 1. The highest BCUT2D eigenvalue weighted by Crippen LogP contribution is 2.21. The fraction of sp³-hybridized carbons (Fsp3) is 0.462. The van der Waals surface area contributed by atoms with Crippen molar-refractivity contribution in [1.29, 1.82) is 5.26 Å². The molecule has 18 heavy (non-hydrogen) atoms. The van der Waals surface area contributed by atoms with Gasteiger partial charge in [-0.05, 0) is 31.5 Å². The standard InChI is InChI=1S/C13H19N3O2/c1-13(2,8-18)16-12(7-17)9-3-4-11(15)10(5-9)6-14/h3-5,12,16-18H,7-8,15H2,1-2H3. The normalized spacial score (nSPS) is 13.1. The van der Waals surface area contributed by atoms with E-state index in [1.807, 2.05) is 19.9 Å². The number of nitrogens with one attached hydrogen (secondary N) is 1. The predicted molar refractivity (Wildman–Crippen MR) is 69.7 cm³/mol. The van der Waals surface area contributed by atoms with Crippen LogP contribution in [0.25, 0.3) is 0 Å². The Morgan fingerprint density at radius 3 is 2.61 bits per heavy atom. The van der Waals surface area contributed by atoms with Gasteiger partial charge < -0.3 is 21.3 Å². The summed E-state index contributed by atoms with van der Waals surface area (Å²) in [5.74, 6) is 0. The lowest BCUT2D eigenvalue weighted by Gasteiger charge is -2.29. The monoisotopic (exact) mass is 249 g/mol. The van der Waals surface area contributed by atoms with Crippen LogP contribution in [0, 0.1) is 11.3 Å². The van der Waals surface area contributed by atoms with Crippen molar-refractivity contribution in [1.82, 2.24) is 5.32 Å². The lowest BCUT2D eigenvalue weighted by Crippen LogP contribution is -2.45. The molecule has 1 aromatic rings. The maximum Gasteiger partial charge on any atom is 0.101 e. The molecule has 0 aliphatic rings. The molecule has 5 N–H and O–H groups in total. The van der Waals surface area contributed by atoms with Crippen LogP contribution in [-0.4, -0.2) is 29.0 Å². The minimum atomic E-state index is -0.512. The van der Waals surface area contributed by atoms with E-state index < -0.39 is 5.54 Å². The lowest BCUT2D eigenvalue weighted by molar-refractivity contribution is 0.150. The Hall–Kier alpha value is -1.61. The number of nitrogens with two attached hydrogens (primary N) is 1. The zero-order chi connectivity index (χ0) is 13.8. The molecule has 0 spiro atoms. The third-order valence-corrected chi connectivity index (χ3v) is 2.74. The summed E-state index contributed by atoms with van der Waals surface area (Å²) >= 11 is 0. The fourth-order valence-electron chi connectivity index (χ4n) is 1.64. The van der Waals surface area contributed by atoms with Gasteiger partial charge in [0.25, 0.3) is 0 Å². The Bertz CT molecular complexity index is 452. The zero-order valence-electron chi connectivity index (χ0n) is 10.6. The van der Waals surface area contributed by atoms with Crippen LogP contribution in [0.2, 0.25) is 0 Å². The number of nitrogens with zero attached hydrogens (tertiary/aromatic N) is 1. The second kappa shape index (κ2) is 5.83. The summed E-state index contributed by atoms with van der Waals surface area (Å²) in [5, 5.41) is 30.7. The van der Waals surface area contributed by atoms with Gasteiger partial charge in [-0.15, -0.1) is 0 Å². The molecule has 1 aromatic carbocycles. The van der Waals surface area contributed by atoms with Crippen molar-refractivity contribution in [3.63, 3.8) is 0 Å². The second-order valence-electron chi connectivity index (χ2n) is 4.88. The molecule has 5 heteroatoms. The van der Waals surface area contributed by atoms with Gasteiger partial charge in [-0.3, -0.25) is 0 Å². The van der Waals surface area contributed by atoms with Gasteiger partial charge in [0.2, 0.25) is 0 Å². The summed E-state index contributed by atoms with van der Waals surface area (Å²) in [6.45, 7) is 3.48. The third-order valence-electron chi connectivity index (χ3n) is 2.74. The van der Waals surface area contributed by atoms with Crippen LogP contribution in [0.15, 0.2) is 18.2 Å². The first kappa shape index (κ1) is 14.5. The summed E-state index contributed by atoms with van der Waals surface area (Å²) in [6, 6.07) is 6.71. The lowest BCUT2D eigenvalue weighted by atomic mass is 9.99. The fourth-order valence-corrected chi connectivity index (χ4v) is 1.64. The topological polar surface area (TPSA) is 102 Å². The summed E-state index contributed by atoms with van der Waals surface area (Å²) in [5.41, 5.74) is 6.71. The highest BCUT2D eigenvalue weighted by Gasteiger charge is 2.22. The molecule has 1 atom stereocenters. The first-order chi connectivity index (χ1) is 8.43. The molecule has 0 heterocycles. The summed E-state index contributed by atoms with van der Waals surface area (Å²) in [4.78, 5) is 0. The summed E-state index contributed by atoms with van der Waals surface area (Å²) in [6.07, 6.45) is 0. The Balaban J connectivity index is 3.00. The van der Waals surface area contributed by atoms with E-state index in [1.165, 1.54) is 0 Å². The van der Waals surface area contributed by atoms with Crippen molar-refractivity contribution in [3.05, 3.63) is 29.3 Å². The van der Waals surface area contributed by atoms with Crippen molar-refractivity contribution in [2.45, 2.75) is 25.4 Å².